The van der Waals surface area contributed by atoms with E-state index in [2.05, 4.69) is 0 Å². The predicted octanol–water partition coefficient (Wildman–Crippen LogP) is 1.65. The first-order valence-electron chi connectivity index (χ1n) is 2.79. The van der Waals surface area contributed by atoms with Gasteiger partial charge in [-0.2, -0.15) is 0 Å². The fourth-order valence-corrected chi connectivity index (χ4v) is 0.676. The molecule has 0 aliphatic heterocycles. The van der Waals surface area contributed by atoms with Gasteiger partial charge in [0, 0.05) is 6.07 Å². The van der Waals surface area contributed by atoms with Gasteiger partial charge in [0.15, 0.2) is 11.6 Å². The molecule has 11 heavy (non-hydrogen) atoms. The molecule has 3 heteroatoms. The Labute approximate surface area is 62.3 Å². The maximum Gasteiger partial charge on any atom is 0.169 e. The van der Waals surface area contributed by atoms with Gasteiger partial charge in [-0.1, -0.05) is 5.92 Å². The second-order valence-corrected chi connectivity index (χ2v) is 1.93. The molecule has 1 N–H and O–H groups in total. The van der Waals surface area contributed by atoms with Crippen LogP contribution in [0.15, 0.2) is 12.1 Å². The van der Waals surface area contributed by atoms with Crippen LogP contribution in [0.5, 0.6) is 5.75 Å². The maximum atomic E-state index is 12.4. The largest absolute Gasteiger partial charge is 0.504 e. The highest BCUT2D eigenvalue weighted by atomic mass is 19.1. The van der Waals surface area contributed by atoms with Crippen LogP contribution in [0.3, 0.4) is 0 Å². The minimum absolute atomic E-state index is 0.178. The number of hydrogen-bond acceptors (Lipinski definition) is 1. The number of phenolic OH excluding ortho intramolecular Hbond substituents is 1. The standard InChI is InChI=1S/C8H4F2O/c1-2-5-3-6(9)4-7(10)8(5)11/h1,3-4,11H. The highest BCUT2D eigenvalue weighted by Gasteiger charge is 2.06. The fraction of sp³-hybridized carbons (Fsp3) is 0. The van der Waals surface area contributed by atoms with Crippen molar-refractivity contribution in [2.45, 2.75) is 0 Å². The Hall–Kier alpha value is -1.56. The molecule has 1 nitrogen and oxygen atoms in total. The zero-order valence-corrected chi connectivity index (χ0v) is 5.44. The zero-order valence-electron chi connectivity index (χ0n) is 5.44. The lowest BCUT2D eigenvalue weighted by Crippen LogP contribution is -1.85. The molecule has 0 bridgehead atoms. The van der Waals surface area contributed by atoms with E-state index >= 15 is 0 Å². The van der Waals surface area contributed by atoms with E-state index in [0.717, 1.165) is 6.07 Å². The molecule has 56 valence electrons. The Kier molecular flexibility index (Phi) is 1.77. The molecule has 1 aromatic carbocycles. The van der Waals surface area contributed by atoms with Crippen molar-refractivity contribution in [1.29, 1.82) is 0 Å². The average Bonchev–Trinajstić information content (AvgIpc) is 1.96. The van der Waals surface area contributed by atoms with E-state index in [1.165, 1.54) is 0 Å². The molecule has 0 aliphatic rings. The Morgan fingerprint density at radius 3 is 2.55 bits per heavy atom. The van der Waals surface area contributed by atoms with Crippen LogP contribution < -0.4 is 0 Å². The van der Waals surface area contributed by atoms with E-state index in [-0.39, 0.29) is 5.56 Å². The minimum atomic E-state index is -1.04. The van der Waals surface area contributed by atoms with E-state index < -0.39 is 17.4 Å². The maximum absolute atomic E-state index is 12.4. The monoisotopic (exact) mass is 154 g/mol. The predicted molar refractivity (Wildman–Crippen MR) is 36.0 cm³/mol. The molecule has 0 radical (unpaired) electrons. The molecule has 0 saturated heterocycles. The van der Waals surface area contributed by atoms with Crippen molar-refractivity contribution in [3.05, 3.63) is 29.3 Å². The van der Waals surface area contributed by atoms with Crippen LogP contribution >= 0.6 is 0 Å². The SMILES string of the molecule is C#Cc1cc(F)cc(F)c1O. The third-order valence-electron chi connectivity index (χ3n) is 1.18. The van der Waals surface area contributed by atoms with Crippen LogP contribution in [0.4, 0.5) is 8.78 Å². The minimum Gasteiger partial charge on any atom is -0.504 e. The normalized spacial score (nSPS) is 9.18. The van der Waals surface area contributed by atoms with Gasteiger partial charge in [0.05, 0.1) is 5.56 Å². The van der Waals surface area contributed by atoms with Gasteiger partial charge in [0.2, 0.25) is 0 Å². The average molecular weight is 154 g/mol. The second-order valence-electron chi connectivity index (χ2n) is 1.93. The van der Waals surface area contributed by atoms with Gasteiger partial charge < -0.3 is 5.11 Å². The van der Waals surface area contributed by atoms with Crippen LogP contribution in [0.25, 0.3) is 0 Å². The van der Waals surface area contributed by atoms with Gasteiger partial charge in [-0.15, -0.1) is 6.42 Å². The number of halogens is 2. The number of hydrogen-bond donors (Lipinski definition) is 1. The van der Waals surface area contributed by atoms with E-state index in [4.69, 9.17) is 11.5 Å². The summed E-state index contributed by atoms with van der Waals surface area (Å²) in [5, 5.41) is 8.84. The molecule has 0 unspecified atom stereocenters. The zero-order chi connectivity index (χ0) is 8.43. The molecule has 0 aliphatic carbocycles. The molecule has 0 amide bonds. The van der Waals surface area contributed by atoms with Gasteiger partial charge in [-0.25, -0.2) is 8.78 Å². The van der Waals surface area contributed by atoms with Gasteiger partial charge >= 0.3 is 0 Å². The first-order chi connectivity index (χ1) is 5.15. The number of benzene rings is 1. The smallest absolute Gasteiger partial charge is 0.169 e. The second kappa shape index (κ2) is 2.59. The molecule has 0 heterocycles. The summed E-state index contributed by atoms with van der Waals surface area (Å²) in [6.07, 6.45) is 4.85. The summed E-state index contributed by atoms with van der Waals surface area (Å²) in [4.78, 5) is 0. The Bertz CT molecular complexity index is 326. The van der Waals surface area contributed by atoms with Crippen molar-refractivity contribution < 1.29 is 13.9 Å². The lowest BCUT2D eigenvalue weighted by atomic mass is 10.2. The molecule has 0 atom stereocenters. The van der Waals surface area contributed by atoms with Crippen LogP contribution in [-0.4, -0.2) is 5.11 Å². The molecule has 1 aromatic rings. The van der Waals surface area contributed by atoms with Gasteiger partial charge in [-0.3, -0.25) is 0 Å². The van der Waals surface area contributed by atoms with Gasteiger partial charge in [0.25, 0.3) is 0 Å². The lowest BCUT2D eigenvalue weighted by molar-refractivity contribution is 0.426. The quantitative estimate of drug-likeness (QED) is 0.563. The van der Waals surface area contributed by atoms with Crippen molar-refractivity contribution >= 4 is 0 Å². The van der Waals surface area contributed by atoms with Gasteiger partial charge in [0.1, 0.15) is 5.82 Å². The summed E-state index contributed by atoms with van der Waals surface area (Å²) < 4.78 is 24.8. The fourth-order valence-electron chi connectivity index (χ4n) is 0.676. The Balaban J connectivity index is 3.39. The van der Waals surface area contributed by atoms with Gasteiger partial charge in [-0.05, 0) is 6.07 Å². The first-order valence-corrected chi connectivity index (χ1v) is 2.79. The molecule has 0 fully saturated rings. The molecular formula is C8H4F2O. The van der Waals surface area contributed by atoms with E-state index in [1.54, 1.807) is 0 Å². The summed E-state index contributed by atoms with van der Waals surface area (Å²) >= 11 is 0. The van der Waals surface area contributed by atoms with E-state index in [1.807, 2.05) is 5.92 Å². The van der Waals surface area contributed by atoms with Crippen LogP contribution in [-0.2, 0) is 0 Å². The third kappa shape index (κ3) is 1.30. The number of rotatable bonds is 0. The molecule has 0 saturated carbocycles. The van der Waals surface area contributed by atoms with E-state index in [9.17, 15) is 8.78 Å². The van der Waals surface area contributed by atoms with Crippen molar-refractivity contribution in [3.8, 4) is 18.1 Å². The molecule has 0 aromatic heterocycles. The number of phenols is 1. The lowest BCUT2D eigenvalue weighted by Gasteiger charge is -1.97. The highest BCUT2D eigenvalue weighted by molar-refractivity contribution is 5.44. The first kappa shape index (κ1) is 7.55. The summed E-state index contributed by atoms with van der Waals surface area (Å²) in [6, 6.07) is 1.45. The van der Waals surface area contributed by atoms with Crippen molar-refractivity contribution in [2.75, 3.05) is 0 Å². The summed E-state index contributed by atoms with van der Waals surface area (Å²) in [6.45, 7) is 0. The van der Waals surface area contributed by atoms with Crippen molar-refractivity contribution in [3.63, 3.8) is 0 Å². The molecular weight excluding hydrogens is 150 g/mol. The van der Waals surface area contributed by atoms with Crippen molar-refractivity contribution in [2.24, 2.45) is 0 Å². The third-order valence-corrected chi connectivity index (χ3v) is 1.18. The Morgan fingerprint density at radius 2 is 2.00 bits per heavy atom. The van der Waals surface area contributed by atoms with Crippen LogP contribution in [0.2, 0.25) is 0 Å². The molecule has 0 spiro atoms. The number of aromatic hydroxyl groups is 1. The summed E-state index contributed by atoms with van der Waals surface area (Å²) in [5.41, 5.74) is -0.178. The molecule has 1 rings (SSSR count). The number of terminal acetylenes is 1. The van der Waals surface area contributed by atoms with E-state index in [0.29, 0.717) is 6.07 Å². The summed E-state index contributed by atoms with van der Waals surface area (Å²) in [5.74, 6) is -0.581. The topological polar surface area (TPSA) is 20.2 Å². The van der Waals surface area contributed by atoms with Crippen LogP contribution in [0.1, 0.15) is 5.56 Å². The highest BCUT2D eigenvalue weighted by Crippen LogP contribution is 2.21. The van der Waals surface area contributed by atoms with Crippen LogP contribution in [0, 0.1) is 24.0 Å². The summed E-state index contributed by atoms with van der Waals surface area (Å²) in [7, 11) is 0. The Morgan fingerprint density at radius 1 is 1.36 bits per heavy atom. The van der Waals surface area contributed by atoms with Crippen molar-refractivity contribution in [1.82, 2.24) is 0 Å².